The highest BCUT2D eigenvalue weighted by atomic mass is 16.1. The molecule has 4 heteroatoms. The Hall–Kier alpha value is -4.57. The Bertz CT molecular complexity index is 1590. The van der Waals surface area contributed by atoms with Crippen molar-refractivity contribution in [3.63, 3.8) is 0 Å². The van der Waals surface area contributed by atoms with Crippen molar-refractivity contribution in [2.45, 2.75) is 0 Å². The quantitative estimate of drug-likeness (QED) is 0.361. The predicted molar refractivity (Wildman–Crippen MR) is 127 cm³/mol. The number of aromatic amines is 1. The molecule has 4 nitrogen and oxygen atoms in total. The normalized spacial score (nSPS) is 12.5. The van der Waals surface area contributed by atoms with Crippen LogP contribution in [-0.2, 0) is 0 Å². The standard InChI is InChI=1S/C29H17NO3/c31-27(19-12-10-18(11-13-19)17-6-2-1-3-7-17)24-16-20-14-15-23-25(26(20)30-24)29(33)22-9-5-4-8-21(22)28(23)32/h1-16,30H. The largest absolute Gasteiger partial charge is 0.351 e. The van der Waals surface area contributed by atoms with E-state index in [1.807, 2.05) is 42.5 Å². The second kappa shape index (κ2) is 7.24. The fourth-order valence-electron chi connectivity index (χ4n) is 4.51. The zero-order valence-corrected chi connectivity index (χ0v) is 17.5. The number of H-pyrrole nitrogens is 1. The minimum atomic E-state index is -0.209. The maximum atomic E-state index is 13.2. The molecule has 33 heavy (non-hydrogen) atoms. The molecule has 0 unspecified atom stereocenters. The van der Waals surface area contributed by atoms with Crippen molar-refractivity contribution in [1.29, 1.82) is 0 Å². The number of benzene rings is 4. The molecule has 0 saturated heterocycles. The maximum absolute atomic E-state index is 13.2. The number of aromatic nitrogens is 1. The van der Waals surface area contributed by atoms with Gasteiger partial charge in [0.15, 0.2) is 11.6 Å². The second-order valence-corrected chi connectivity index (χ2v) is 8.11. The molecule has 0 atom stereocenters. The average Bonchev–Trinajstić information content (AvgIpc) is 3.31. The molecule has 0 aliphatic heterocycles. The molecule has 6 rings (SSSR count). The third kappa shape index (κ3) is 2.96. The van der Waals surface area contributed by atoms with Gasteiger partial charge < -0.3 is 4.98 Å². The third-order valence-corrected chi connectivity index (χ3v) is 6.18. The summed E-state index contributed by atoms with van der Waals surface area (Å²) >= 11 is 0. The highest BCUT2D eigenvalue weighted by molar-refractivity contribution is 6.32. The van der Waals surface area contributed by atoms with E-state index in [2.05, 4.69) is 4.98 Å². The van der Waals surface area contributed by atoms with Crippen LogP contribution in [0.3, 0.4) is 0 Å². The van der Waals surface area contributed by atoms with Crippen molar-refractivity contribution >= 4 is 28.3 Å². The highest BCUT2D eigenvalue weighted by Crippen LogP contribution is 2.33. The van der Waals surface area contributed by atoms with Crippen molar-refractivity contribution in [2.75, 3.05) is 0 Å². The first-order valence-electron chi connectivity index (χ1n) is 10.7. The third-order valence-electron chi connectivity index (χ3n) is 6.18. The lowest BCUT2D eigenvalue weighted by molar-refractivity contribution is 0.0980. The molecular formula is C29H17NO3. The lowest BCUT2D eigenvalue weighted by Crippen LogP contribution is -2.21. The van der Waals surface area contributed by atoms with Crippen LogP contribution in [-0.4, -0.2) is 22.3 Å². The first kappa shape index (κ1) is 19.1. The summed E-state index contributed by atoms with van der Waals surface area (Å²) in [6.45, 7) is 0. The van der Waals surface area contributed by atoms with Gasteiger partial charge in [-0.3, -0.25) is 14.4 Å². The molecule has 1 aliphatic rings. The molecule has 0 spiro atoms. The van der Waals surface area contributed by atoms with Gasteiger partial charge >= 0.3 is 0 Å². The molecule has 0 saturated carbocycles. The van der Waals surface area contributed by atoms with Gasteiger partial charge in [-0.2, -0.15) is 0 Å². The van der Waals surface area contributed by atoms with Gasteiger partial charge in [-0.1, -0.05) is 84.9 Å². The van der Waals surface area contributed by atoms with E-state index in [0.717, 1.165) is 16.5 Å². The van der Waals surface area contributed by atoms with Crippen LogP contribution >= 0.6 is 0 Å². The number of carbonyl (C=O) groups excluding carboxylic acids is 3. The van der Waals surface area contributed by atoms with Gasteiger partial charge in [0.1, 0.15) is 0 Å². The monoisotopic (exact) mass is 427 g/mol. The summed E-state index contributed by atoms with van der Waals surface area (Å²) in [7, 11) is 0. The lowest BCUT2D eigenvalue weighted by atomic mass is 9.83. The van der Waals surface area contributed by atoms with E-state index in [1.54, 1.807) is 54.6 Å². The molecular weight excluding hydrogens is 410 g/mol. The number of fused-ring (bicyclic) bond motifs is 4. The second-order valence-electron chi connectivity index (χ2n) is 8.11. The van der Waals surface area contributed by atoms with E-state index in [9.17, 15) is 14.4 Å². The van der Waals surface area contributed by atoms with Crippen molar-refractivity contribution < 1.29 is 14.4 Å². The van der Waals surface area contributed by atoms with E-state index in [4.69, 9.17) is 0 Å². The summed E-state index contributed by atoms with van der Waals surface area (Å²) in [5.41, 5.74) is 5.04. The van der Waals surface area contributed by atoms with E-state index >= 15 is 0 Å². The van der Waals surface area contributed by atoms with Gasteiger partial charge in [0, 0.05) is 27.6 Å². The number of nitrogens with one attached hydrogen (secondary N) is 1. The van der Waals surface area contributed by atoms with Gasteiger partial charge in [0.05, 0.1) is 16.8 Å². The average molecular weight is 427 g/mol. The first-order valence-corrected chi connectivity index (χ1v) is 10.7. The minimum Gasteiger partial charge on any atom is -0.351 e. The van der Waals surface area contributed by atoms with E-state index < -0.39 is 0 Å². The van der Waals surface area contributed by atoms with E-state index in [0.29, 0.717) is 39.0 Å². The Morgan fingerprint density at radius 1 is 0.606 bits per heavy atom. The molecule has 1 aromatic heterocycles. The predicted octanol–water partition coefficient (Wildman–Crippen LogP) is 5.84. The van der Waals surface area contributed by atoms with Crippen molar-refractivity contribution in [3.8, 4) is 11.1 Å². The maximum Gasteiger partial charge on any atom is 0.209 e. The summed E-state index contributed by atoms with van der Waals surface area (Å²) in [5, 5.41) is 0.721. The molecule has 5 aromatic rings. The highest BCUT2D eigenvalue weighted by Gasteiger charge is 2.31. The number of ketones is 3. The molecule has 0 bridgehead atoms. The Labute approximate surface area is 189 Å². The van der Waals surface area contributed by atoms with Gasteiger partial charge in [-0.25, -0.2) is 0 Å². The molecule has 1 aliphatic carbocycles. The molecule has 0 amide bonds. The van der Waals surface area contributed by atoms with E-state index in [-0.39, 0.29) is 17.3 Å². The van der Waals surface area contributed by atoms with Crippen LogP contribution in [0.2, 0.25) is 0 Å². The van der Waals surface area contributed by atoms with Crippen molar-refractivity contribution in [3.05, 3.63) is 131 Å². The summed E-state index contributed by atoms with van der Waals surface area (Å²) in [6, 6.07) is 29.4. The van der Waals surface area contributed by atoms with E-state index in [1.165, 1.54) is 0 Å². The van der Waals surface area contributed by atoms with Gasteiger partial charge in [0.2, 0.25) is 5.78 Å². The topological polar surface area (TPSA) is 67.0 Å². The number of hydrogen-bond donors (Lipinski definition) is 1. The van der Waals surface area contributed by atoms with Crippen LogP contribution in [0.5, 0.6) is 0 Å². The van der Waals surface area contributed by atoms with Gasteiger partial charge in [-0.15, -0.1) is 0 Å². The van der Waals surface area contributed by atoms with Crippen LogP contribution in [0.1, 0.15) is 47.9 Å². The first-order chi connectivity index (χ1) is 16.1. The molecule has 1 heterocycles. The van der Waals surface area contributed by atoms with Crippen LogP contribution < -0.4 is 0 Å². The number of carbonyl (C=O) groups is 3. The van der Waals surface area contributed by atoms with Crippen molar-refractivity contribution in [1.82, 2.24) is 4.98 Å². The van der Waals surface area contributed by atoms with Gasteiger partial charge in [-0.05, 0) is 23.3 Å². The lowest BCUT2D eigenvalue weighted by Gasteiger charge is -2.17. The molecule has 1 N–H and O–H groups in total. The summed E-state index contributed by atoms with van der Waals surface area (Å²) < 4.78 is 0. The summed E-state index contributed by atoms with van der Waals surface area (Å²) in [5.74, 6) is -0.561. The van der Waals surface area contributed by atoms with Crippen LogP contribution in [0.15, 0.2) is 97.1 Å². The number of rotatable bonds is 3. The zero-order valence-electron chi connectivity index (χ0n) is 17.5. The SMILES string of the molecule is O=C(c1ccc(-c2ccccc2)cc1)c1cc2ccc3c(c2[nH]1)C(=O)c1ccccc1C3=O. The molecule has 156 valence electrons. The molecule has 0 radical (unpaired) electrons. The Morgan fingerprint density at radius 3 is 1.97 bits per heavy atom. The van der Waals surface area contributed by atoms with Crippen LogP contribution in [0.4, 0.5) is 0 Å². The fraction of sp³-hybridized carbons (Fsp3) is 0. The Balaban J connectivity index is 1.41. The smallest absolute Gasteiger partial charge is 0.209 e. The minimum absolute atomic E-state index is 0.172. The van der Waals surface area contributed by atoms with Crippen molar-refractivity contribution in [2.24, 2.45) is 0 Å². The fourth-order valence-corrected chi connectivity index (χ4v) is 4.51. The van der Waals surface area contributed by atoms with Crippen LogP contribution in [0, 0.1) is 0 Å². The number of hydrogen-bond acceptors (Lipinski definition) is 3. The Kier molecular flexibility index (Phi) is 4.20. The summed E-state index contributed by atoms with van der Waals surface area (Å²) in [6.07, 6.45) is 0. The molecule has 0 fully saturated rings. The molecule has 4 aromatic carbocycles. The zero-order chi connectivity index (χ0) is 22.5. The van der Waals surface area contributed by atoms with Gasteiger partial charge in [0.25, 0.3) is 0 Å². The summed E-state index contributed by atoms with van der Waals surface area (Å²) in [4.78, 5) is 42.5. The Morgan fingerprint density at radius 2 is 1.24 bits per heavy atom. The van der Waals surface area contributed by atoms with Crippen LogP contribution in [0.25, 0.3) is 22.0 Å².